The Balaban J connectivity index is 1.52. The van der Waals surface area contributed by atoms with Crippen molar-refractivity contribution in [3.8, 4) is 11.5 Å². The van der Waals surface area contributed by atoms with E-state index in [9.17, 15) is 19.2 Å². The zero-order valence-electron chi connectivity index (χ0n) is 16.4. The maximum atomic E-state index is 12.4. The van der Waals surface area contributed by atoms with Crippen molar-refractivity contribution in [1.82, 2.24) is 4.90 Å². The van der Waals surface area contributed by atoms with Crippen molar-refractivity contribution in [3.63, 3.8) is 0 Å². The van der Waals surface area contributed by atoms with E-state index in [1.807, 2.05) is 12.2 Å². The number of hydrogen-bond acceptors (Lipinski definition) is 7. The monoisotopic (exact) mass is 401 g/mol. The minimum atomic E-state index is -0.659. The van der Waals surface area contributed by atoms with Crippen LogP contribution in [0.2, 0.25) is 0 Å². The second-order valence-electron chi connectivity index (χ2n) is 6.88. The van der Waals surface area contributed by atoms with Gasteiger partial charge in [0.15, 0.2) is 6.61 Å². The second kappa shape index (κ2) is 8.89. The number of fused-ring (bicyclic) bond motifs is 1. The number of ether oxygens (including phenoxy) is 3. The van der Waals surface area contributed by atoms with Gasteiger partial charge in [-0.25, -0.2) is 0 Å². The molecule has 8 heteroatoms. The Morgan fingerprint density at radius 3 is 2.28 bits per heavy atom. The molecule has 1 aliphatic carbocycles. The van der Waals surface area contributed by atoms with Crippen LogP contribution in [0.3, 0.4) is 0 Å². The molecule has 1 aromatic rings. The minimum absolute atomic E-state index is 0.0415. The summed E-state index contributed by atoms with van der Waals surface area (Å²) in [7, 11) is 2.91. The summed E-state index contributed by atoms with van der Waals surface area (Å²) in [6.45, 7) is -0.514. The first-order valence-corrected chi connectivity index (χ1v) is 9.37. The number of methoxy groups -OCH3 is 2. The predicted molar refractivity (Wildman–Crippen MR) is 102 cm³/mol. The molecule has 0 unspecified atom stereocenters. The number of nitrogens with zero attached hydrogens (tertiary/aromatic N) is 1. The van der Waals surface area contributed by atoms with Crippen molar-refractivity contribution in [1.29, 1.82) is 0 Å². The van der Waals surface area contributed by atoms with Gasteiger partial charge < -0.3 is 14.2 Å². The molecule has 0 saturated carbocycles. The molecule has 1 fully saturated rings. The van der Waals surface area contributed by atoms with Crippen LogP contribution in [0, 0.1) is 11.8 Å². The Kier molecular flexibility index (Phi) is 6.31. The Bertz CT molecular complexity index is 835. The first-order valence-electron chi connectivity index (χ1n) is 9.37. The van der Waals surface area contributed by atoms with Crippen LogP contribution in [0.5, 0.6) is 11.5 Å². The van der Waals surface area contributed by atoms with Crippen LogP contribution < -0.4 is 9.47 Å². The average molecular weight is 401 g/mol. The topological polar surface area (TPSA) is 99.2 Å². The number of allylic oxidation sites excluding steroid dienone is 2. The molecule has 0 spiro atoms. The van der Waals surface area contributed by atoms with Crippen molar-refractivity contribution in [3.05, 3.63) is 35.9 Å². The number of carbonyl (C=O) groups excluding carboxylic acids is 4. The van der Waals surface area contributed by atoms with Crippen molar-refractivity contribution in [2.24, 2.45) is 11.8 Å². The summed E-state index contributed by atoms with van der Waals surface area (Å²) in [5.74, 6) is -1.42. The van der Waals surface area contributed by atoms with Crippen molar-refractivity contribution < 1.29 is 33.4 Å². The number of imide groups is 1. The van der Waals surface area contributed by atoms with E-state index in [0.717, 1.165) is 4.90 Å². The molecular weight excluding hydrogens is 378 g/mol. The Morgan fingerprint density at radius 2 is 1.69 bits per heavy atom. The first kappa shape index (κ1) is 20.6. The smallest absolute Gasteiger partial charge is 0.308 e. The predicted octanol–water partition coefficient (Wildman–Crippen LogP) is 1.77. The number of Topliss-reactive ketones (excluding diaryl/α,β-unsaturated/α-hetero) is 1. The zero-order chi connectivity index (χ0) is 21.0. The van der Waals surface area contributed by atoms with Gasteiger partial charge >= 0.3 is 5.97 Å². The summed E-state index contributed by atoms with van der Waals surface area (Å²) >= 11 is 0. The molecule has 0 bridgehead atoms. The third kappa shape index (κ3) is 4.31. The lowest BCUT2D eigenvalue weighted by molar-refractivity contribution is -0.145. The van der Waals surface area contributed by atoms with Crippen LogP contribution in [0.25, 0.3) is 0 Å². The molecule has 0 radical (unpaired) electrons. The van der Waals surface area contributed by atoms with Gasteiger partial charge in [0.25, 0.3) is 0 Å². The lowest BCUT2D eigenvalue weighted by atomic mass is 9.85. The highest BCUT2D eigenvalue weighted by Crippen LogP contribution is 2.35. The van der Waals surface area contributed by atoms with Crippen molar-refractivity contribution >= 4 is 23.6 Å². The van der Waals surface area contributed by atoms with Gasteiger partial charge in [0.2, 0.25) is 17.6 Å². The third-order valence-corrected chi connectivity index (χ3v) is 5.21. The number of likely N-dealkylation sites (tertiary alicyclic amines) is 1. The summed E-state index contributed by atoms with van der Waals surface area (Å²) in [5.41, 5.74) is 0.237. The molecule has 1 heterocycles. The summed E-state index contributed by atoms with van der Waals surface area (Å²) in [6, 6.07) is 4.75. The molecule has 1 aromatic carbocycles. The lowest BCUT2D eigenvalue weighted by Crippen LogP contribution is -2.33. The van der Waals surface area contributed by atoms with Crippen LogP contribution in [0.15, 0.2) is 30.4 Å². The number of ketones is 1. The lowest BCUT2D eigenvalue weighted by Gasteiger charge is -2.14. The van der Waals surface area contributed by atoms with Gasteiger partial charge in [0.1, 0.15) is 11.5 Å². The number of hydrogen-bond donors (Lipinski definition) is 0. The molecule has 2 aliphatic rings. The third-order valence-electron chi connectivity index (χ3n) is 5.21. The summed E-state index contributed by atoms with van der Waals surface area (Å²) in [4.78, 5) is 50.3. The molecule has 154 valence electrons. The largest absolute Gasteiger partial charge is 0.497 e. The molecular formula is C21H23NO7. The highest BCUT2D eigenvalue weighted by atomic mass is 16.5. The molecule has 0 N–H and O–H groups in total. The van der Waals surface area contributed by atoms with Crippen LogP contribution in [-0.2, 0) is 19.1 Å². The van der Waals surface area contributed by atoms with E-state index in [-0.39, 0.29) is 42.2 Å². The maximum Gasteiger partial charge on any atom is 0.308 e. The van der Waals surface area contributed by atoms with Gasteiger partial charge in [-0.3, -0.25) is 24.1 Å². The maximum absolute atomic E-state index is 12.4. The summed E-state index contributed by atoms with van der Waals surface area (Å²) in [5, 5.41) is 0. The van der Waals surface area contributed by atoms with Gasteiger partial charge in [0, 0.05) is 6.54 Å². The van der Waals surface area contributed by atoms with Crippen LogP contribution in [-0.4, -0.2) is 55.8 Å². The second-order valence-corrected chi connectivity index (χ2v) is 6.88. The fraction of sp³-hybridized carbons (Fsp3) is 0.429. The summed E-state index contributed by atoms with van der Waals surface area (Å²) in [6.07, 6.45) is 4.75. The van der Waals surface area contributed by atoms with E-state index >= 15 is 0 Å². The summed E-state index contributed by atoms with van der Waals surface area (Å²) < 4.78 is 15.3. The van der Waals surface area contributed by atoms with Gasteiger partial charge in [-0.1, -0.05) is 12.2 Å². The quantitative estimate of drug-likeness (QED) is 0.283. The van der Waals surface area contributed by atoms with Gasteiger partial charge in [-0.15, -0.1) is 0 Å². The van der Waals surface area contributed by atoms with E-state index in [2.05, 4.69) is 0 Å². The van der Waals surface area contributed by atoms with E-state index in [4.69, 9.17) is 14.2 Å². The number of amides is 2. The van der Waals surface area contributed by atoms with Crippen LogP contribution >= 0.6 is 0 Å². The number of carbonyl (C=O) groups is 4. The van der Waals surface area contributed by atoms with E-state index in [1.165, 1.54) is 20.3 Å². The number of esters is 1. The molecule has 0 aromatic heterocycles. The van der Waals surface area contributed by atoms with Crippen molar-refractivity contribution in [2.75, 3.05) is 27.4 Å². The van der Waals surface area contributed by atoms with E-state index in [0.29, 0.717) is 24.3 Å². The normalized spacial score (nSPS) is 20.4. The standard InChI is InChI=1S/C21H23NO7/c1-27-13-7-8-18(28-2)16(11-13)17(23)12-29-19(24)9-10-22-20(25)14-5-3-4-6-15(14)21(22)26/h3-4,7-8,11,14-15H,5-6,9-10,12H2,1-2H3/t14-,15-/m0/s1. The SMILES string of the molecule is COc1ccc(OC)c(C(=O)COC(=O)CCN2C(=O)[C@H]3CC=CC[C@@H]3C2=O)c1. The zero-order valence-corrected chi connectivity index (χ0v) is 16.4. The number of benzene rings is 1. The average Bonchev–Trinajstić information content (AvgIpc) is 3.00. The van der Waals surface area contributed by atoms with Crippen LogP contribution in [0.4, 0.5) is 0 Å². The van der Waals surface area contributed by atoms with E-state index in [1.54, 1.807) is 12.1 Å². The van der Waals surface area contributed by atoms with Gasteiger partial charge in [0.05, 0.1) is 38.0 Å². The Labute approximate surface area is 168 Å². The van der Waals surface area contributed by atoms with Gasteiger partial charge in [-0.2, -0.15) is 0 Å². The Hall–Kier alpha value is -3.16. The molecule has 8 nitrogen and oxygen atoms in total. The highest BCUT2D eigenvalue weighted by molar-refractivity contribution is 6.05. The molecule has 1 aliphatic heterocycles. The fourth-order valence-corrected chi connectivity index (χ4v) is 3.62. The molecule has 2 amide bonds. The molecule has 3 rings (SSSR count). The fourth-order valence-electron chi connectivity index (χ4n) is 3.62. The van der Waals surface area contributed by atoms with Gasteiger partial charge in [-0.05, 0) is 31.0 Å². The minimum Gasteiger partial charge on any atom is -0.497 e. The Morgan fingerprint density at radius 1 is 1.03 bits per heavy atom. The molecule has 1 saturated heterocycles. The van der Waals surface area contributed by atoms with E-state index < -0.39 is 18.4 Å². The van der Waals surface area contributed by atoms with Crippen LogP contribution in [0.1, 0.15) is 29.6 Å². The number of rotatable bonds is 8. The highest BCUT2D eigenvalue weighted by Gasteiger charge is 2.46. The molecule has 2 atom stereocenters. The van der Waals surface area contributed by atoms with Crippen molar-refractivity contribution in [2.45, 2.75) is 19.3 Å². The first-order chi connectivity index (χ1) is 14.0. The molecule has 29 heavy (non-hydrogen) atoms.